The van der Waals surface area contributed by atoms with E-state index in [1.54, 1.807) is 21.3 Å². The van der Waals surface area contributed by atoms with Crippen LogP contribution >= 0.6 is 11.3 Å². The number of benzene rings is 2. The lowest BCUT2D eigenvalue weighted by atomic mass is 9.85. The number of amides is 1. The van der Waals surface area contributed by atoms with E-state index in [0.29, 0.717) is 29.1 Å². The number of aromatic nitrogens is 1. The van der Waals surface area contributed by atoms with Crippen molar-refractivity contribution in [1.29, 1.82) is 0 Å². The molecule has 0 radical (unpaired) electrons. The summed E-state index contributed by atoms with van der Waals surface area (Å²) < 4.78 is 17.0. The number of ether oxygens (including phenoxy) is 3. The average Bonchev–Trinajstić information content (AvgIpc) is 3.42. The summed E-state index contributed by atoms with van der Waals surface area (Å²) in [5.41, 5.74) is 2.66. The van der Waals surface area contributed by atoms with Gasteiger partial charge >= 0.3 is 0 Å². The van der Waals surface area contributed by atoms with Gasteiger partial charge in [0, 0.05) is 11.5 Å². The van der Waals surface area contributed by atoms with Gasteiger partial charge in [-0.3, -0.25) is 14.5 Å². The molecular formula is C27H31N3O5S. The van der Waals surface area contributed by atoms with Gasteiger partial charge < -0.3 is 19.5 Å². The number of methoxy groups -OCH3 is 3. The van der Waals surface area contributed by atoms with E-state index in [2.05, 4.69) is 15.2 Å². The molecule has 5 rings (SSSR count). The molecule has 1 aromatic heterocycles. The number of piperidine rings is 1. The lowest BCUT2D eigenvalue weighted by Crippen LogP contribution is -2.39. The standard InChI is InChI=1S/C27H31N3O5S/c1-33-19-4-5-21-24(13-19)36-27(28-21)29-25(31)15-30-8-6-16(7-9-30)10-18-11-17-12-22(34-2)23(35-3)14-20(17)26(18)32/h4-5,12-14,16,18H,6-11,15H2,1-3H3,(H,28,29,31). The molecule has 9 heteroatoms. The number of nitrogens with zero attached hydrogens (tertiary/aromatic N) is 2. The molecule has 1 aliphatic heterocycles. The van der Waals surface area contributed by atoms with Crippen molar-refractivity contribution in [2.45, 2.75) is 25.7 Å². The normalized spacial score (nSPS) is 18.3. The fourth-order valence-corrected chi connectivity index (χ4v) is 6.23. The smallest absolute Gasteiger partial charge is 0.240 e. The van der Waals surface area contributed by atoms with Gasteiger partial charge in [-0.15, -0.1) is 0 Å². The average molecular weight is 510 g/mol. The molecule has 0 bridgehead atoms. The highest BCUT2D eigenvalue weighted by atomic mass is 32.1. The summed E-state index contributed by atoms with van der Waals surface area (Å²) in [5, 5.41) is 3.54. The summed E-state index contributed by atoms with van der Waals surface area (Å²) in [5.74, 6) is 2.69. The highest BCUT2D eigenvalue weighted by Crippen LogP contribution is 2.39. The molecule has 1 aliphatic carbocycles. The fraction of sp³-hybridized carbons (Fsp3) is 0.444. The number of carbonyl (C=O) groups is 2. The van der Waals surface area contributed by atoms with Crippen molar-refractivity contribution in [3.8, 4) is 17.2 Å². The third-order valence-electron chi connectivity index (χ3n) is 7.25. The number of likely N-dealkylation sites (tertiary alicyclic amines) is 1. The van der Waals surface area contributed by atoms with Crippen LogP contribution in [-0.2, 0) is 11.2 Å². The summed E-state index contributed by atoms with van der Waals surface area (Å²) >= 11 is 1.45. The molecule has 2 aromatic carbocycles. The van der Waals surface area contributed by atoms with Crippen LogP contribution < -0.4 is 19.5 Å². The van der Waals surface area contributed by atoms with Crippen molar-refractivity contribution in [3.63, 3.8) is 0 Å². The number of fused-ring (bicyclic) bond motifs is 2. The van der Waals surface area contributed by atoms with Crippen LogP contribution in [0.1, 0.15) is 35.2 Å². The second-order valence-electron chi connectivity index (χ2n) is 9.49. The van der Waals surface area contributed by atoms with Crippen molar-refractivity contribution in [2.24, 2.45) is 11.8 Å². The van der Waals surface area contributed by atoms with Crippen LogP contribution in [0.15, 0.2) is 30.3 Å². The van der Waals surface area contributed by atoms with Gasteiger partial charge in [-0.05, 0) is 80.6 Å². The van der Waals surface area contributed by atoms with Crippen molar-refractivity contribution >= 4 is 38.4 Å². The monoisotopic (exact) mass is 509 g/mol. The van der Waals surface area contributed by atoms with Crippen LogP contribution in [0.2, 0.25) is 0 Å². The molecule has 8 nitrogen and oxygen atoms in total. The summed E-state index contributed by atoms with van der Waals surface area (Å²) in [7, 11) is 4.84. The fourth-order valence-electron chi connectivity index (χ4n) is 5.32. The second-order valence-corrected chi connectivity index (χ2v) is 10.5. The van der Waals surface area contributed by atoms with Crippen LogP contribution in [0.5, 0.6) is 17.2 Å². The Morgan fingerprint density at radius 1 is 1.08 bits per heavy atom. The Labute approximate surface area is 214 Å². The van der Waals surface area contributed by atoms with E-state index in [4.69, 9.17) is 14.2 Å². The molecule has 0 spiro atoms. The maximum Gasteiger partial charge on any atom is 0.240 e. The van der Waals surface area contributed by atoms with Gasteiger partial charge in [0.1, 0.15) is 5.75 Å². The van der Waals surface area contributed by atoms with E-state index in [1.807, 2.05) is 30.3 Å². The van der Waals surface area contributed by atoms with Crippen LogP contribution in [-0.4, -0.2) is 62.5 Å². The zero-order valence-electron chi connectivity index (χ0n) is 20.8. The molecule has 1 atom stereocenters. The topological polar surface area (TPSA) is 90.0 Å². The van der Waals surface area contributed by atoms with Gasteiger partial charge in [0.25, 0.3) is 0 Å². The van der Waals surface area contributed by atoms with Crippen LogP contribution in [0, 0.1) is 11.8 Å². The lowest BCUT2D eigenvalue weighted by Gasteiger charge is -2.32. The van der Waals surface area contributed by atoms with E-state index in [0.717, 1.165) is 65.9 Å². The van der Waals surface area contributed by atoms with Gasteiger partial charge in [0.15, 0.2) is 22.4 Å². The maximum absolute atomic E-state index is 13.1. The molecule has 2 heterocycles. The molecule has 0 saturated carbocycles. The largest absolute Gasteiger partial charge is 0.497 e. The zero-order chi connectivity index (χ0) is 25.2. The van der Waals surface area contributed by atoms with E-state index < -0.39 is 0 Å². The molecule has 190 valence electrons. The number of rotatable bonds is 8. The van der Waals surface area contributed by atoms with Gasteiger partial charge in [-0.2, -0.15) is 0 Å². The van der Waals surface area contributed by atoms with E-state index >= 15 is 0 Å². The number of thiazole rings is 1. The van der Waals surface area contributed by atoms with E-state index in [-0.39, 0.29) is 17.6 Å². The second kappa shape index (κ2) is 10.4. The molecule has 1 N–H and O–H groups in total. The summed E-state index contributed by atoms with van der Waals surface area (Å²) in [6, 6.07) is 9.44. The van der Waals surface area contributed by atoms with Gasteiger partial charge in [-0.25, -0.2) is 4.98 Å². The van der Waals surface area contributed by atoms with Gasteiger partial charge in [-0.1, -0.05) is 11.3 Å². The van der Waals surface area contributed by atoms with Crippen molar-refractivity contribution in [2.75, 3.05) is 46.3 Å². The van der Waals surface area contributed by atoms with Crippen LogP contribution in [0.3, 0.4) is 0 Å². The minimum absolute atomic E-state index is 0.00863. The first-order valence-electron chi connectivity index (χ1n) is 12.2. The zero-order valence-corrected chi connectivity index (χ0v) is 21.7. The van der Waals surface area contributed by atoms with Gasteiger partial charge in [0.05, 0.1) is 38.1 Å². The molecular weight excluding hydrogens is 478 g/mol. The van der Waals surface area contributed by atoms with E-state index in [1.165, 1.54) is 11.3 Å². The summed E-state index contributed by atoms with van der Waals surface area (Å²) in [4.78, 5) is 32.4. The predicted octanol–water partition coefficient (Wildman–Crippen LogP) is 4.42. The third kappa shape index (κ3) is 5.03. The number of hydrogen-bond acceptors (Lipinski definition) is 8. The van der Waals surface area contributed by atoms with Crippen molar-refractivity contribution < 1.29 is 23.8 Å². The van der Waals surface area contributed by atoms with E-state index in [9.17, 15) is 9.59 Å². The number of Topliss-reactive ketones (excluding diaryl/α,β-unsaturated/α-hetero) is 1. The molecule has 1 amide bonds. The Hall–Kier alpha value is -3.17. The highest BCUT2D eigenvalue weighted by Gasteiger charge is 2.34. The Morgan fingerprint density at radius 2 is 1.83 bits per heavy atom. The lowest BCUT2D eigenvalue weighted by molar-refractivity contribution is -0.117. The number of anilines is 1. The number of carbonyl (C=O) groups excluding carboxylic acids is 2. The minimum atomic E-state index is -0.0521. The first kappa shape index (κ1) is 24.5. The minimum Gasteiger partial charge on any atom is -0.497 e. The quantitative estimate of drug-likeness (QED) is 0.481. The Kier molecular flexibility index (Phi) is 7.11. The molecule has 3 aromatic rings. The summed E-state index contributed by atoms with van der Waals surface area (Å²) in [6.07, 6.45) is 3.61. The predicted molar refractivity (Wildman–Crippen MR) is 140 cm³/mol. The SMILES string of the molecule is COc1ccc2nc(NC(=O)CN3CCC(CC4Cc5cc(OC)c(OC)cc5C4=O)CC3)sc2c1. The number of nitrogens with one attached hydrogen (secondary N) is 1. The summed E-state index contributed by atoms with van der Waals surface area (Å²) in [6.45, 7) is 2.05. The van der Waals surface area contributed by atoms with Crippen molar-refractivity contribution in [1.82, 2.24) is 9.88 Å². The Balaban J connectivity index is 1.11. The van der Waals surface area contributed by atoms with Crippen LogP contribution in [0.25, 0.3) is 10.2 Å². The first-order chi connectivity index (χ1) is 17.5. The molecule has 1 unspecified atom stereocenters. The third-order valence-corrected chi connectivity index (χ3v) is 8.18. The molecule has 36 heavy (non-hydrogen) atoms. The Morgan fingerprint density at radius 3 is 2.56 bits per heavy atom. The maximum atomic E-state index is 13.1. The van der Waals surface area contributed by atoms with Crippen LogP contribution in [0.4, 0.5) is 5.13 Å². The Bertz CT molecular complexity index is 1280. The molecule has 1 fully saturated rings. The first-order valence-corrected chi connectivity index (χ1v) is 13.0. The highest BCUT2D eigenvalue weighted by molar-refractivity contribution is 7.22. The number of ketones is 1. The molecule has 2 aliphatic rings. The molecule has 1 saturated heterocycles. The van der Waals surface area contributed by atoms with Crippen molar-refractivity contribution in [3.05, 3.63) is 41.5 Å². The van der Waals surface area contributed by atoms with Gasteiger partial charge in [0.2, 0.25) is 5.91 Å². The number of hydrogen-bond donors (Lipinski definition) is 1.